The van der Waals surface area contributed by atoms with Crippen molar-refractivity contribution in [3.05, 3.63) is 101 Å². The molecule has 3 rings (SSSR count). The van der Waals surface area contributed by atoms with Gasteiger partial charge in [0.25, 0.3) is 0 Å². The third-order valence-electron chi connectivity index (χ3n) is 4.13. The number of aromatic carboxylic acids is 1. The summed E-state index contributed by atoms with van der Waals surface area (Å²) in [5.74, 6) is -0.899. The molecule has 1 heterocycles. The predicted molar refractivity (Wildman–Crippen MR) is 99.2 cm³/mol. The molecule has 3 nitrogen and oxygen atoms in total. The number of rotatable bonds is 5. The molecule has 0 amide bonds. The van der Waals surface area contributed by atoms with Gasteiger partial charge in [-0.1, -0.05) is 48.6 Å². The lowest BCUT2D eigenvalue weighted by atomic mass is 10.1. The van der Waals surface area contributed by atoms with Crippen LogP contribution in [0.25, 0.3) is 12.2 Å². The molecule has 3 aromatic rings. The summed E-state index contributed by atoms with van der Waals surface area (Å²) in [6, 6.07) is 19.4. The fourth-order valence-corrected chi connectivity index (χ4v) is 2.61. The number of benzene rings is 2. The number of carbonyl (C=O) groups is 1. The van der Waals surface area contributed by atoms with E-state index in [1.807, 2.05) is 36.7 Å². The predicted octanol–water partition coefficient (Wildman–Crippen LogP) is 4.20. The van der Waals surface area contributed by atoms with E-state index in [0.29, 0.717) is 12.1 Å². The van der Waals surface area contributed by atoms with Crippen molar-refractivity contribution in [2.75, 3.05) is 0 Å². The zero-order valence-corrected chi connectivity index (χ0v) is 14.1. The largest absolute Gasteiger partial charge is 0.478 e. The van der Waals surface area contributed by atoms with E-state index >= 15 is 0 Å². The molecule has 2 aromatic carbocycles. The van der Waals surface area contributed by atoms with Crippen LogP contribution in [0.2, 0.25) is 0 Å². The molecule has 0 saturated carbocycles. The molecule has 0 radical (unpaired) electrons. The minimum atomic E-state index is -0.899. The lowest BCUT2D eigenvalue weighted by molar-refractivity contribution is -0.688. The summed E-state index contributed by atoms with van der Waals surface area (Å²) in [6.45, 7) is 2.82. The summed E-state index contributed by atoms with van der Waals surface area (Å²) in [7, 11) is 0. The Labute approximate surface area is 147 Å². The highest BCUT2D eigenvalue weighted by atomic mass is 16.4. The van der Waals surface area contributed by atoms with Gasteiger partial charge >= 0.3 is 5.97 Å². The van der Waals surface area contributed by atoms with Crippen molar-refractivity contribution in [2.24, 2.45) is 0 Å². The molecule has 0 aliphatic carbocycles. The molecule has 0 saturated heterocycles. The van der Waals surface area contributed by atoms with E-state index in [9.17, 15) is 4.79 Å². The monoisotopic (exact) mass is 330 g/mol. The number of pyridine rings is 1. The number of aryl methyl sites for hydroxylation is 1. The van der Waals surface area contributed by atoms with Gasteiger partial charge in [-0.3, -0.25) is 0 Å². The van der Waals surface area contributed by atoms with Gasteiger partial charge in [-0.15, -0.1) is 0 Å². The molecule has 0 bridgehead atoms. The Morgan fingerprint density at radius 3 is 2.28 bits per heavy atom. The third kappa shape index (κ3) is 4.42. The van der Waals surface area contributed by atoms with Crippen molar-refractivity contribution >= 4 is 18.1 Å². The van der Waals surface area contributed by atoms with Crippen LogP contribution in [-0.4, -0.2) is 11.1 Å². The van der Waals surface area contributed by atoms with Crippen LogP contribution < -0.4 is 4.57 Å². The summed E-state index contributed by atoms with van der Waals surface area (Å²) in [5, 5.41) is 8.93. The number of nitrogens with zero attached hydrogens (tertiary/aromatic N) is 1. The molecule has 3 heteroatoms. The van der Waals surface area contributed by atoms with Gasteiger partial charge in [-0.05, 0) is 35.7 Å². The molecular weight excluding hydrogens is 310 g/mol. The normalized spacial score (nSPS) is 10.9. The first-order valence-corrected chi connectivity index (χ1v) is 8.17. The van der Waals surface area contributed by atoms with Crippen LogP contribution in [0.3, 0.4) is 0 Å². The molecule has 0 spiro atoms. The van der Waals surface area contributed by atoms with Crippen molar-refractivity contribution < 1.29 is 14.5 Å². The molecule has 1 aromatic heterocycles. The maximum absolute atomic E-state index is 10.9. The van der Waals surface area contributed by atoms with E-state index in [2.05, 4.69) is 47.9 Å². The number of hydrogen-bond donors (Lipinski definition) is 1. The minimum absolute atomic E-state index is 0.311. The van der Waals surface area contributed by atoms with Crippen molar-refractivity contribution in [1.29, 1.82) is 0 Å². The maximum Gasteiger partial charge on any atom is 0.335 e. The average Bonchev–Trinajstić information content (AvgIpc) is 2.63. The molecule has 0 aliphatic rings. The van der Waals surface area contributed by atoms with Crippen LogP contribution in [0.4, 0.5) is 0 Å². The van der Waals surface area contributed by atoms with E-state index in [-0.39, 0.29) is 0 Å². The Balaban J connectivity index is 1.68. The van der Waals surface area contributed by atoms with Crippen LogP contribution in [0.15, 0.2) is 73.1 Å². The van der Waals surface area contributed by atoms with Crippen molar-refractivity contribution in [3.8, 4) is 0 Å². The van der Waals surface area contributed by atoms with Crippen LogP contribution in [0.1, 0.15) is 32.6 Å². The van der Waals surface area contributed by atoms with Crippen LogP contribution in [0.5, 0.6) is 0 Å². The number of aromatic nitrogens is 1. The Morgan fingerprint density at radius 1 is 0.960 bits per heavy atom. The van der Waals surface area contributed by atoms with Crippen molar-refractivity contribution in [1.82, 2.24) is 0 Å². The molecule has 25 heavy (non-hydrogen) atoms. The van der Waals surface area contributed by atoms with Gasteiger partial charge in [0.05, 0.1) is 5.56 Å². The Morgan fingerprint density at radius 2 is 1.64 bits per heavy atom. The lowest BCUT2D eigenvalue weighted by Crippen LogP contribution is -2.33. The Kier molecular flexibility index (Phi) is 5.05. The van der Waals surface area contributed by atoms with Gasteiger partial charge < -0.3 is 5.11 Å². The van der Waals surface area contributed by atoms with Crippen LogP contribution in [0, 0.1) is 6.92 Å². The van der Waals surface area contributed by atoms with E-state index in [4.69, 9.17) is 5.11 Å². The van der Waals surface area contributed by atoms with Crippen LogP contribution in [-0.2, 0) is 6.54 Å². The fraction of sp³-hybridized carbons (Fsp3) is 0.0909. The lowest BCUT2D eigenvalue weighted by Gasteiger charge is -2.00. The van der Waals surface area contributed by atoms with Gasteiger partial charge in [0.2, 0.25) is 0 Å². The van der Waals surface area contributed by atoms with Gasteiger partial charge in [0.15, 0.2) is 18.9 Å². The zero-order valence-electron chi connectivity index (χ0n) is 14.1. The SMILES string of the molecule is Cc1ccccc1/C=C\c1cc[n+](Cc2ccc(C(=O)O)cc2)cc1. The number of carboxylic acid groups (broad SMARTS) is 1. The smallest absolute Gasteiger partial charge is 0.335 e. The molecule has 0 unspecified atom stereocenters. The summed E-state index contributed by atoms with van der Waals surface area (Å²) < 4.78 is 2.07. The fourth-order valence-electron chi connectivity index (χ4n) is 2.61. The second kappa shape index (κ2) is 7.58. The summed E-state index contributed by atoms with van der Waals surface area (Å²) in [5.41, 5.74) is 5.00. The molecule has 0 atom stereocenters. The van der Waals surface area contributed by atoms with Gasteiger partial charge in [-0.2, -0.15) is 0 Å². The highest BCUT2D eigenvalue weighted by molar-refractivity contribution is 5.87. The topological polar surface area (TPSA) is 41.2 Å². The maximum atomic E-state index is 10.9. The highest BCUT2D eigenvalue weighted by Gasteiger charge is 2.05. The van der Waals surface area contributed by atoms with E-state index < -0.39 is 5.97 Å². The van der Waals surface area contributed by atoms with Gasteiger partial charge in [0.1, 0.15) is 0 Å². The molecule has 124 valence electrons. The van der Waals surface area contributed by atoms with E-state index in [0.717, 1.165) is 11.1 Å². The molecule has 0 fully saturated rings. The first-order chi connectivity index (χ1) is 12.1. The van der Waals surface area contributed by atoms with E-state index in [1.165, 1.54) is 11.1 Å². The van der Waals surface area contributed by atoms with Crippen molar-refractivity contribution in [3.63, 3.8) is 0 Å². The first kappa shape index (κ1) is 16.7. The molecule has 0 aliphatic heterocycles. The zero-order chi connectivity index (χ0) is 17.6. The Hall–Kier alpha value is -3.20. The summed E-state index contributed by atoms with van der Waals surface area (Å²) >= 11 is 0. The second-order valence-corrected chi connectivity index (χ2v) is 6.00. The standard InChI is InChI=1S/C22H19NO2/c1-17-4-2-3-5-20(17)9-6-18-12-14-23(15-13-18)16-19-7-10-21(11-8-19)22(24)25/h2-15H,16H2,1H3/p+1/b9-6-. The summed E-state index contributed by atoms with van der Waals surface area (Å²) in [6.07, 6.45) is 8.29. The average molecular weight is 330 g/mol. The quantitative estimate of drug-likeness (QED) is 0.712. The van der Waals surface area contributed by atoms with E-state index in [1.54, 1.807) is 12.1 Å². The number of carboxylic acids is 1. The minimum Gasteiger partial charge on any atom is -0.478 e. The Bertz CT molecular complexity index is 894. The molecule has 1 N–H and O–H groups in total. The van der Waals surface area contributed by atoms with Gasteiger partial charge in [-0.25, -0.2) is 9.36 Å². The summed E-state index contributed by atoms with van der Waals surface area (Å²) in [4.78, 5) is 10.9. The van der Waals surface area contributed by atoms with Crippen LogP contribution >= 0.6 is 0 Å². The van der Waals surface area contributed by atoms with Crippen molar-refractivity contribution in [2.45, 2.75) is 13.5 Å². The van der Waals surface area contributed by atoms with Gasteiger partial charge in [0, 0.05) is 17.7 Å². The number of hydrogen-bond acceptors (Lipinski definition) is 1. The second-order valence-electron chi connectivity index (χ2n) is 6.00. The molecular formula is C22H20NO2+. The first-order valence-electron chi connectivity index (χ1n) is 8.17. The highest BCUT2D eigenvalue weighted by Crippen LogP contribution is 2.11. The third-order valence-corrected chi connectivity index (χ3v) is 4.13.